The lowest BCUT2D eigenvalue weighted by molar-refractivity contribution is -0.116. The van der Waals surface area contributed by atoms with Crippen molar-refractivity contribution < 1.29 is 24.2 Å². The molecular weight excluding hydrogens is 322 g/mol. The van der Waals surface area contributed by atoms with E-state index in [-0.39, 0.29) is 11.5 Å². The molecule has 2 N–H and O–H groups in total. The first kappa shape index (κ1) is 18.1. The van der Waals surface area contributed by atoms with E-state index >= 15 is 0 Å². The summed E-state index contributed by atoms with van der Waals surface area (Å²) in [7, 11) is 3.09. The molecule has 0 aromatic heterocycles. The zero-order chi connectivity index (χ0) is 18.2. The van der Waals surface area contributed by atoms with Gasteiger partial charge in [0.2, 0.25) is 5.91 Å². The number of methoxy groups -OCH3 is 2. The minimum Gasteiger partial charge on any atom is -0.493 e. The van der Waals surface area contributed by atoms with Gasteiger partial charge in [-0.25, -0.2) is 4.79 Å². The Morgan fingerprint density at radius 2 is 1.80 bits per heavy atom. The summed E-state index contributed by atoms with van der Waals surface area (Å²) in [6, 6.07) is 11.7. The third kappa shape index (κ3) is 4.84. The van der Waals surface area contributed by atoms with Crippen LogP contribution in [0.25, 0.3) is 6.08 Å². The number of aromatic carboxylic acids is 1. The highest BCUT2D eigenvalue weighted by atomic mass is 16.5. The summed E-state index contributed by atoms with van der Waals surface area (Å²) in [4.78, 5) is 22.8. The summed E-state index contributed by atoms with van der Waals surface area (Å²) in [6.07, 6.45) is 3.05. The summed E-state index contributed by atoms with van der Waals surface area (Å²) in [5, 5.41) is 11.6. The number of carbonyl (C=O) groups excluding carboxylic acids is 1. The molecule has 0 atom stereocenters. The molecule has 25 heavy (non-hydrogen) atoms. The topological polar surface area (TPSA) is 84.9 Å². The SMILES string of the molecule is COc1cccc(C=CC(=O)NCc2ccc(C(=O)O)cc2)c1OC. The van der Waals surface area contributed by atoms with Gasteiger partial charge >= 0.3 is 5.97 Å². The summed E-state index contributed by atoms with van der Waals surface area (Å²) in [5.41, 5.74) is 1.74. The second-order valence-electron chi connectivity index (χ2n) is 5.14. The van der Waals surface area contributed by atoms with Gasteiger partial charge in [-0.05, 0) is 29.8 Å². The molecule has 0 heterocycles. The molecule has 2 aromatic carbocycles. The molecule has 2 aromatic rings. The zero-order valence-electron chi connectivity index (χ0n) is 14.0. The third-order valence-electron chi connectivity index (χ3n) is 3.52. The molecule has 6 heteroatoms. The molecule has 2 rings (SSSR count). The monoisotopic (exact) mass is 341 g/mol. The molecule has 0 fully saturated rings. The van der Waals surface area contributed by atoms with Crippen LogP contribution in [0.5, 0.6) is 11.5 Å². The van der Waals surface area contributed by atoms with E-state index in [2.05, 4.69) is 5.32 Å². The van der Waals surface area contributed by atoms with Crippen molar-refractivity contribution in [1.82, 2.24) is 5.32 Å². The Hall–Kier alpha value is -3.28. The normalized spacial score (nSPS) is 10.5. The van der Waals surface area contributed by atoms with Crippen LogP contribution in [0.3, 0.4) is 0 Å². The Morgan fingerprint density at radius 3 is 2.40 bits per heavy atom. The van der Waals surface area contributed by atoms with Crippen LogP contribution in [0, 0.1) is 0 Å². The Kier molecular flexibility index (Phi) is 6.17. The van der Waals surface area contributed by atoms with Gasteiger partial charge < -0.3 is 19.9 Å². The van der Waals surface area contributed by atoms with Crippen molar-refractivity contribution in [2.45, 2.75) is 6.54 Å². The number of carbonyl (C=O) groups is 2. The van der Waals surface area contributed by atoms with Crippen molar-refractivity contribution in [3.63, 3.8) is 0 Å². The Morgan fingerprint density at radius 1 is 1.08 bits per heavy atom. The summed E-state index contributed by atoms with van der Waals surface area (Å²) in [6.45, 7) is 0.304. The van der Waals surface area contributed by atoms with Gasteiger partial charge in [-0.3, -0.25) is 4.79 Å². The predicted molar refractivity (Wildman–Crippen MR) is 93.8 cm³/mol. The second-order valence-corrected chi connectivity index (χ2v) is 5.14. The Bertz CT molecular complexity index is 781. The smallest absolute Gasteiger partial charge is 0.335 e. The summed E-state index contributed by atoms with van der Waals surface area (Å²) in [5.74, 6) is -0.111. The van der Waals surface area contributed by atoms with E-state index in [4.69, 9.17) is 14.6 Å². The van der Waals surface area contributed by atoms with Crippen molar-refractivity contribution >= 4 is 18.0 Å². The first-order valence-corrected chi connectivity index (χ1v) is 7.54. The van der Waals surface area contributed by atoms with Crippen LogP contribution in [0.4, 0.5) is 0 Å². The van der Waals surface area contributed by atoms with Gasteiger partial charge in [0.15, 0.2) is 11.5 Å². The van der Waals surface area contributed by atoms with Crippen LogP contribution in [0.15, 0.2) is 48.5 Å². The van der Waals surface area contributed by atoms with E-state index in [0.717, 1.165) is 11.1 Å². The molecule has 0 aliphatic rings. The number of hydrogen-bond acceptors (Lipinski definition) is 4. The molecule has 1 amide bonds. The number of hydrogen-bond donors (Lipinski definition) is 2. The molecule has 130 valence electrons. The predicted octanol–water partition coefficient (Wildman–Crippen LogP) is 2.73. The van der Waals surface area contributed by atoms with Crippen molar-refractivity contribution in [1.29, 1.82) is 0 Å². The van der Waals surface area contributed by atoms with Crippen LogP contribution in [-0.2, 0) is 11.3 Å². The van der Waals surface area contributed by atoms with E-state index in [1.165, 1.54) is 25.3 Å². The fourth-order valence-corrected chi connectivity index (χ4v) is 2.22. The zero-order valence-corrected chi connectivity index (χ0v) is 14.0. The molecule has 0 saturated heterocycles. The highest BCUT2D eigenvalue weighted by Crippen LogP contribution is 2.31. The van der Waals surface area contributed by atoms with Crippen molar-refractivity contribution in [3.05, 3.63) is 65.2 Å². The number of carboxylic acids is 1. The Labute approximate surface area is 145 Å². The van der Waals surface area contributed by atoms with Crippen LogP contribution in [-0.4, -0.2) is 31.2 Å². The van der Waals surface area contributed by atoms with Crippen LogP contribution < -0.4 is 14.8 Å². The van der Waals surface area contributed by atoms with Crippen molar-refractivity contribution in [2.24, 2.45) is 0 Å². The van der Waals surface area contributed by atoms with E-state index in [1.54, 1.807) is 31.4 Å². The van der Waals surface area contributed by atoms with Gasteiger partial charge in [0.05, 0.1) is 19.8 Å². The summed E-state index contributed by atoms with van der Waals surface area (Å²) >= 11 is 0. The van der Waals surface area contributed by atoms with Gasteiger partial charge in [0.25, 0.3) is 0 Å². The van der Waals surface area contributed by atoms with E-state index in [0.29, 0.717) is 18.0 Å². The lowest BCUT2D eigenvalue weighted by Gasteiger charge is -2.09. The van der Waals surface area contributed by atoms with Gasteiger partial charge in [-0.1, -0.05) is 24.3 Å². The quantitative estimate of drug-likeness (QED) is 0.757. The first-order valence-electron chi connectivity index (χ1n) is 7.54. The highest BCUT2D eigenvalue weighted by molar-refractivity contribution is 5.92. The van der Waals surface area contributed by atoms with E-state index < -0.39 is 5.97 Å². The minimum absolute atomic E-state index is 0.208. The van der Waals surface area contributed by atoms with Gasteiger partial charge in [0, 0.05) is 18.2 Å². The lowest BCUT2D eigenvalue weighted by atomic mass is 10.1. The summed E-state index contributed by atoms with van der Waals surface area (Å²) < 4.78 is 10.5. The number of para-hydroxylation sites is 1. The number of nitrogens with one attached hydrogen (secondary N) is 1. The van der Waals surface area contributed by atoms with Crippen LogP contribution in [0.1, 0.15) is 21.5 Å². The lowest BCUT2D eigenvalue weighted by Crippen LogP contribution is -2.20. The van der Waals surface area contributed by atoms with Crippen molar-refractivity contribution in [2.75, 3.05) is 14.2 Å². The average molecular weight is 341 g/mol. The molecule has 0 unspecified atom stereocenters. The van der Waals surface area contributed by atoms with Crippen LogP contribution in [0.2, 0.25) is 0 Å². The minimum atomic E-state index is -0.981. The molecule has 0 aliphatic carbocycles. The van der Waals surface area contributed by atoms with Gasteiger partial charge in [0.1, 0.15) is 0 Å². The standard InChI is InChI=1S/C19H19NO5/c1-24-16-5-3-4-14(18(16)25-2)10-11-17(21)20-12-13-6-8-15(9-7-13)19(22)23/h3-11H,12H2,1-2H3,(H,20,21)(H,22,23). The highest BCUT2D eigenvalue weighted by Gasteiger charge is 2.07. The van der Waals surface area contributed by atoms with Crippen LogP contribution >= 0.6 is 0 Å². The number of rotatable bonds is 7. The van der Waals surface area contributed by atoms with E-state index in [9.17, 15) is 9.59 Å². The molecule has 0 spiro atoms. The van der Waals surface area contributed by atoms with Gasteiger partial charge in [-0.2, -0.15) is 0 Å². The largest absolute Gasteiger partial charge is 0.493 e. The third-order valence-corrected chi connectivity index (χ3v) is 3.52. The number of carboxylic acid groups (broad SMARTS) is 1. The number of ether oxygens (including phenoxy) is 2. The molecule has 0 aliphatic heterocycles. The molecule has 6 nitrogen and oxygen atoms in total. The first-order chi connectivity index (χ1) is 12.0. The average Bonchev–Trinajstić information content (AvgIpc) is 2.64. The molecule has 0 saturated carbocycles. The molecule has 0 bridgehead atoms. The van der Waals surface area contributed by atoms with Gasteiger partial charge in [-0.15, -0.1) is 0 Å². The number of amides is 1. The fraction of sp³-hybridized carbons (Fsp3) is 0.158. The second kappa shape index (κ2) is 8.54. The molecular formula is C19H19NO5. The maximum Gasteiger partial charge on any atom is 0.335 e. The Balaban J connectivity index is 1.98. The van der Waals surface area contributed by atoms with E-state index in [1.807, 2.05) is 12.1 Å². The maximum absolute atomic E-state index is 12.0. The maximum atomic E-state index is 12.0. The number of benzene rings is 2. The molecule has 0 radical (unpaired) electrons. The van der Waals surface area contributed by atoms with Crippen molar-refractivity contribution in [3.8, 4) is 11.5 Å². The fourth-order valence-electron chi connectivity index (χ4n) is 2.22.